The molecule has 1 N–H and O–H groups in total. The van der Waals surface area contributed by atoms with Gasteiger partial charge in [-0.2, -0.15) is 0 Å². The van der Waals surface area contributed by atoms with Crippen LogP contribution in [0.2, 0.25) is 0 Å². The Hall–Kier alpha value is -2.30. The van der Waals surface area contributed by atoms with Gasteiger partial charge < -0.3 is 14.4 Å². The number of furan rings is 1. The summed E-state index contributed by atoms with van der Waals surface area (Å²) in [5.41, 5.74) is 0.741. The minimum atomic E-state index is -0.926. The van der Waals surface area contributed by atoms with Crippen LogP contribution in [0.3, 0.4) is 0 Å². The number of carbonyl (C=O) groups is 2. The van der Waals surface area contributed by atoms with E-state index in [-0.39, 0.29) is 5.91 Å². The highest BCUT2D eigenvalue weighted by Gasteiger charge is 2.35. The van der Waals surface area contributed by atoms with Gasteiger partial charge in [-0.05, 0) is 38.3 Å². The van der Waals surface area contributed by atoms with E-state index in [0.717, 1.165) is 23.8 Å². The molecule has 1 aromatic heterocycles. The second-order valence-corrected chi connectivity index (χ2v) is 5.79. The maximum atomic E-state index is 12.7. The van der Waals surface area contributed by atoms with Gasteiger partial charge in [-0.15, -0.1) is 0 Å². The number of aliphatic carboxylic acids is 1. The highest BCUT2D eigenvalue weighted by molar-refractivity contribution is 5.89. The zero-order valence-corrected chi connectivity index (χ0v) is 12.5. The molecule has 3 rings (SSSR count). The Bertz CT molecular complexity index is 673. The Morgan fingerprint density at radius 3 is 2.82 bits per heavy atom. The normalized spacial score (nSPS) is 20.0. The van der Waals surface area contributed by atoms with Gasteiger partial charge in [0.15, 0.2) is 0 Å². The smallest absolute Gasteiger partial charge is 0.326 e. The summed E-state index contributed by atoms with van der Waals surface area (Å²) in [4.78, 5) is 25.5. The number of likely N-dealkylation sites (tertiary alicyclic amines) is 1. The van der Waals surface area contributed by atoms with Gasteiger partial charge in [-0.3, -0.25) is 4.79 Å². The zero-order valence-electron chi connectivity index (χ0n) is 12.5. The second kappa shape index (κ2) is 5.83. The van der Waals surface area contributed by atoms with Crippen LogP contribution in [-0.4, -0.2) is 34.5 Å². The summed E-state index contributed by atoms with van der Waals surface area (Å²) in [6.45, 7) is 2.27. The van der Waals surface area contributed by atoms with Gasteiger partial charge in [0.2, 0.25) is 5.91 Å². The van der Waals surface area contributed by atoms with Crippen molar-refractivity contribution in [1.29, 1.82) is 0 Å². The predicted molar refractivity (Wildman–Crippen MR) is 81.6 cm³/mol. The molecule has 1 aliphatic rings. The molecule has 0 spiro atoms. The SMILES string of the molecule is CC(C(=O)N1CCCCC1C(=O)O)c1cc2ccccc2o1. The number of benzene rings is 1. The van der Waals surface area contributed by atoms with Gasteiger partial charge in [-0.1, -0.05) is 18.2 Å². The van der Waals surface area contributed by atoms with Crippen LogP contribution in [0, 0.1) is 0 Å². The van der Waals surface area contributed by atoms with E-state index < -0.39 is 17.9 Å². The molecule has 0 radical (unpaired) electrons. The van der Waals surface area contributed by atoms with Crippen LogP contribution in [0.5, 0.6) is 0 Å². The summed E-state index contributed by atoms with van der Waals surface area (Å²) in [5, 5.41) is 10.3. The number of rotatable bonds is 3. The summed E-state index contributed by atoms with van der Waals surface area (Å²) < 4.78 is 5.74. The maximum absolute atomic E-state index is 12.7. The molecule has 22 heavy (non-hydrogen) atoms. The first kappa shape index (κ1) is 14.6. The van der Waals surface area contributed by atoms with Crippen molar-refractivity contribution in [1.82, 2.24) is 4.90 Å². The third-order valence-electron chi connectivity index (χ3n) is 4.31. The summed E-state index contributed by atoms with van der Waals surface area (Å²) >= 11 is 0. The molecule has 2 unspecified atom stereocenters. The minimum absolute atomic E-state index is 0.175. The number of carbonyl (C=O) groups excluding carboxylic acids is 1. The molecule has 1 aliphatic heterocycles. The Balaban J connectivity index is 1.85. The fourth-order valence-corrected chi connectivity index (χ4v) is 3.04. The molecule has 5 heteroatoms. The largest absolute Gasteiger partial charge is 0.480 e. The second-order valence-electron chi connectivity index (χ2n) is 5.79. The van der Waals surface area contributed by atoms with Crippen molar-refractivity contribution in [2.75, 3.05) is 6.54 Å². The van der Waals surface area contributed by atoms with Crippen molar-refractivity contribution >= 4 is 22.8 Å². The zero-order chi connectivity index (χ0) is 15.7. The fraction of sp³-hybridized carbons (Fsp3) is 0.412. The molecular formula is C17H19NO4. The number of carboxylic acids is 1. The summed E-state index contributed by atoms with van der Waals surface area (Å²) in [6.07, 6.45) is 2.22. The monoisotopic (exact) mass is 301 g/mol. The third-order valence-corrected chi connectivity index (χ3v) is 4.31. The van der Waals surface area contributed by atoms with Gasteiger partial charge in [0, 0.05) is 11.9 Å². The van der Waals surface area contributed by atoms with E-state index in [2.05, 4.69) is 0 Å². The number of para-hydroxylation sites is 1. The van der Waals surface area contributed by atoms with E-state index in [4.69, 9.17) is 4.42 Å². The van der Waals surface area contributed by atoms with Crippen LogP contribution in [0.4, 0.5) is 0 Å². The molecule has 1 fully saturated rings. The van der Waals surface area contributed by atoms with E-state index >= 15 is 0 Å². The summed E-state index contributed by atoms with van der Waals surface area (Å²) in [7, 11) is 0. The van der Waals surface area contributed by atoms with Crippen molar-refractivity contribution in [2.24, 2.45) is 0 Å². The Labute approximate surface area is 128 Å². The summed E-state index contributed by atoms with van der Waals surface area (Å²) in [6, 6.07) is 8.73. The molecule has 2 atom stereocenters. The fourth-order valence-electron chi connectivity index (χ4n) is 3.04. The molecule has 1 saturated heterocycles. The molecule has 1 amide bonds. The van der Waals surface area contributed by atoms with Gasteiger partial charge in [0.25, 0.3) is 0 Å². The molecule has 1 aromatic carbocycles. The van der Waals surface area contributed by atoms with Gasteiger partial charge in [-0.25, -0.2) is 4.79 Å². The lowest BCUT2D eigenvalue weighted by molar-refractivity contribution is -0.152. The van der Waals surface area contributed by atoms with Crippen LogP contribution in [0.15, 0.2) is 34.7 Å². The van der Waals surface area contributed by atoms with Crippen molar-refractivity contribution in [3.8, 4) is 0 Å². The standard InChI is InChI=1S/C17H19NO4/c1-11(15-10-12-6-2-3-8-14(12)22-15)16(19)18-9-5-4-7-13(18)17(20)21/h2-3,6,8,10-11,13H,4-5,7,9H2,1H3,(H,20,21). The molecule has 116 valence electrons. The van der Waals surface area contributed by atoms with Gasteiger partial charge in [0.1, 0.15) is 17.4 Å². The lowest BCUT2D eigenvalue weighted by Crippen LogP contribution is -2.49. The molecule has 2 heterocycles. The van der Waals surface area contributed by atoms with Crippen molar-refractivity contribution in [3.63, 3.8) is 0 Å². The van der Waals surface area contributed by atoms with Crippen molar-refractivity contribution in [2.45, 2.75) is 38.1 Å². The van der Waals surface area contributed by atoms with Gasteiger partial charge >= 0.3 is 5.97 Å². The van der Waals surface area contributed by atoms with E-state index in [1.165, 1.54) is 4.90 Å². The van der Waals surface area contributed by atoms with E-state index in [9.17, 15) is 14.7 Å². The maximum Gasteiger partial charge on any atom is 0.326 e. The van der Waals surface area contributed by atoms with Crippen LogP contribution < -0.4 is 0 Å². The first-order valence-electron chi connectivity index (χ1n) is 7.59. The highest BCUT2D eigenvalue weighted by Crippen LogP contribution is 2.28. The Kier molecular flexibility index (Phi) is 3.88. The highest BCUT2D eigenvalue weighted by atomic mass is 16.4. The van der Waals surface area contributed by atoms with Crippen LogP contribution in [0.1, 0.15) is 37.9 Å². The molecule has 0 aliphatic carbocycles. The molecule has 5 nitrogen and oxygen atoms in total. The molecular weight excluding hydrogens is 282 g/mol. The quantitative estimate of drug-likeness (QED) is 0.946. The first-order valence-corrected chi connectivity index (χ1v) is 7.59. The van der Waals surface area contributed by atoms with Crippen molar-refractivity contribution < 1.29 is 19.1 Å². The lowest BCUT2D eigenvalue weighted by atomic mass is 9.98. The average molecular weight is 301 g/mol. The average Bonchev–Trinajstić information content (AvgIpc) is 2.97. The number of hydrogen-bond acceptors (Lipinski definition) is 3. The third kappa shape index (κ3) is 2.58. The number of piperidine rings is 1. The lowest BCUT2D eigenvalue weighted by Gasteiger charge is -2.34. The van der Waals surface area contributed by atoms with E-state index in [1.54, 1.807) is 6.92 Å². The van der Waals surface area contributed by atoms with Crippen LogP contribution >= 0.6 is 0 Å². The Morgan fingerprint density at radius 1 is 1.32 bits per heavy atom. The van der Waals surface area contributed by atoms with Gasteiger partial charge in [0.05, 0.1) is 5.92 Å². The van der Waals surface area contributed by atoms with E-state index in [1.807, 2.05) is 30.3 Å². The number of fused-ring (bicyclic) bond motifs is 1. The summed E-state index contributed by atoms with van der Waals surface area (Å²) in [5.74, 6) is -0.996. The molecule has 0 saturated carbocycles. The van der Waals surface area contributed by atoms with Crippen LogP contribution in [-0.2, 0) is 9.59 Å². The Morgan fingerprint density at radius 2 is 2.09 bits per heavy atom. The number of nitrogens with zero attached hydrogens (tertiary/aromatic N) is 1. The predicted octanol–water partition coefficient (Wildman–Crippen LogP) is 3.00. The van der Waals surface area contributed by atoms with Crippen molar-refractivity contribution in [3.05, 3.63) is 36.1 Å². The minimum Gasteiger partial charge on any atom is -0.480 e. The topological polar surface area (TPSA) is 70.8 Å². The number of hydrogen-bond donors (Lipinski definition) is 1. The molecule has 2 aromatic rings. The molecule has 0 bridgehead atoms. The first-order chi connectivity index (χ1) is 10.6. The van der Waals surface area contributed by atoms with Crippen LogP contribution in [0.25, 0.3) is 11.0 Å². The number of amides is 1. The number of carboxylic acid groups (broad SMARTS) is 1. The van der Waals surface area contributed by atoms with E-state index in [0.29, 0.717) is 18.7 Å².